The van der Waals surface area contributed by atoms with E-state index in [4.69, 9.17) is 4.98 Å². The molecule has 0 atom stereocenters. The van der Waals surface area contributed by atoms with Gasteiger partial charge in [-0.15, -0.1) is 0 Å². The van der Waals surface area contributed by atoms with Crippen molar-refractivity contribution >= 4 is 42.4 Å². The molecule has 0 saturated heterocycles. The Bertz CT molecular complexity index is 1390. The number of carbonyl (C=O) groups is 1. The van der Waals surface area contributed by atoms with Crippen LogP contribution in [0, 0.1) is 13.8 Å². The molecule has 0 aliphatic carbocycles. The van der Waals surface area contributed by atoms with E-state index in [9.17, 15) is 13.2 Å². The summed E-state index contributed by atoms with van der Waals surface area (Å²) >= 11 is 1.46. The molecule has 1 aromatic heterocycles. The third-order valence-corrected chi connectivity index (χ3v) is 8.88. The largest absolute Gasteiger partial charge is 0.279 e. The van der Waals surface area contributed by atoms with Gasteiger partial charge < -0.3 is 0 Å². The van der Waals surface area contributed by atoms with Crippen molar-refractivity contribution in [1.29, 1.82) is 0 Å². The summed E-state index contributed by atoms with van der Waals surface area (Å²) in [5.74, 6) is -0.285. The van der Waals surface area contributed by atoms with E-state index in [1.165, 1.54) is 29.0 Å². The van der Waals surface area contributed by atoms with Crippen LogP contribution in [-0.2, 0) is 16.4 Å². The number of sulfone groups is 1. The predicted octanol–water partition coefficient (Wildman–Crippen LogP) is 5.94. The quantitative estimate of drug-likeness (QED) is 0.344. The van der Waals surface area contributed by atoms with Gasteiger partial charge in [-0.25, -0.2) is 13.4 Å². The van der Waals surface area contributed by atoms with Crippen LogP contribution in [0.2, 0.25) is 0 Å². The first-order valence-corrected chi connectivity index (χ1v) is 13.1. The van der Waals surface area contributed by atoms with Gasteiger partial charge in [-0.05, 0) is 74.7 Å². The van der Waals surface area contributed by atoms with E-state index < -0.39 is 15.1 Å². The number of hydrogen-bond donors (Lipinski definition) is 0. The fourth-order valence-corrected chi connectivity index (χ4v) is 5.66. The number of hydrogen-bond acceptors (Lipinski definition) is 5. The van der Waals surface area contributed by atoms with Gasteiger partial charge in [-0.1, -0.05) is 47.7 Å². The van der Waals surface area contributed by atoms with Crippen LogP contribution in [0.4, 0.5) is 5.13 Å². The molecule has 4 rings (SSSR count). The first-order valence-electron chi connectivity index (χ1n) is 10.7. The normalized spacial score (nSPS) is 11.8. The molecule has 0 unspecified atom stereocenters. The number of fused-ring (bicyclic) bond motifs is 1. The van der Waals surface area contributed by atoms with Crippen LogP contribution in [-0.4, -0.2) is 24.6 Å². The van der Waals surface area contributed by atoms with Gasteiger partial charge in [-0.3, -0.25) is 9.69 Å². The molecule has 1 heterocycles. The van der Waals surface area contributed by atoms with Crippen molar-refractivity contribution in [3.05, 3.63) is 89.0 Å². The minimum absolute atomic E-state index is 0.151. The lowest BCUT2D eigenvalue weighted by atomic mass is 10.1. The predicted molar refractivity (Wildman–Crippen MR) is 135 cm³/mol. The number of carbonyl (C=O) groups excluding carboxylic acids is 1. The fraction of sp³-hybridized carbons (Fsp3) is 0.231. The van der Waals surface area contributed by atoms with Gasteiger partial charge in [0.05, 0.1) is 26.9 Å². The van der Waals surface area contributed by atoms with E-state index in [2.05, 4.69) is 13.0 Å². The lowest BCUT2D eigenvalue weighted by molar-refractivity contribution is 0.0985. The zero-order chi connectivity index (χ0) is 23.8. The van der Waals surface area contributed by atoms with Crippen LogP contribution < -0.4 is 4.90 Å². The van der Waals surface area contributed by atoms with Crippen LogP contribution in [0.3, 0.4) is 0 Å². The van der Waals surface area contributed by atoms with Crippen molar-refractivity contribution in [1.82, 2.24) is 4.98 Å². The van der Waals surface area contributed by atoms with Gasteiger partial charge in [0, 0.05) is 5.56 Å². The lowest BCUT2D eigenvalue weighted by Crippen LogP contribution is -2.30. The number of benzene rings is 3. The van der Waals surface area contributed by atoms with Crippen LogP contribution >= 0.6 is 11.3 Å². The Labute approximate surface area is 198 Å². The van der Waals surface area contributed by atoms with E-state index in [1.54, 1.807) is 30.9 Å². The highest BCUT2D eigenvalue weighted by atomic mass is 32.2. The fourth-order valence-electron chi connectivity index (χ4n) is 3.51. The first kappa shape index (κ1) is 23.1. The summed E-state index contributed by atoms with van der Waals surface area (Å²) < 4.78 is 26.4. The molecule has 0 radical (unpaired) electrons. The average molecular weight is 479 g/mol. The summed E-state index contributed by atoms with van der Waals surface area (Å²) in [5.41, 5.74) is 4.44. The SMILES string of the molecule is Cc1cc2nc(N(Cc3ccccc3)C(=O)c3cccc(S(=O)(=O)C(C)C)c3)sc2cc1C. The Morgan fingerprint density at radius 2 is 1.67 bits per heavy atom. The molecule has 3 aromatic carbocycles. The Morgan fingerprint density at radius 3 is 2.36 bits per heavy atom. The summed E-state index contributed by atoms with van der Waals surface area (Å²) in [5, 5.41) is 0.0139. The number of rotatable bonds is 6. The Morgan fingerprint density at radius 1 is 0.970 bits per heavy atom. The molecule has 0 N–H and O–H groups in total. The van der Waals surface area contributed by atoms with Gasteiger partial charge in [0.1, 0.15) is 0 Å². The van der Waals surface area contributed by atoms with Crippen molar-refractivity contribution in [2.45, 2.75) is 44.4 Å². The van der Waals surface area contributed by atoms with Crippen molar-refractivity contribution in [2.24, 2.45) is 0 Å². The van der Waals surface area contributed by atoms with Crippen LogP contribution in [0.1, 0.15) is 40.9 Å². The van der Waals surface area contributed by atoms with Gasteiger partial charge in [0.2, 0.25) is 0 Å². The average Bonchev–Trinajstić information content (AvgIpc) is 3.20. The number of thiazole rings is 1. The smallest absolute Gasteiger partial charge is 0.260 e. The molecule has 5 nitrogen and oxygen atoms in total. The van der Waals surface area contributed by atoms with E-state index in [0.717, 1.165) is 21.3 Å². The second-order valence-electron chi connectivity index (χ2n) is 8.40. The highest BCUT2D eigenvalue weighted by Crippen LogP contribution is 2.33. The third kappa shape index (κ3) is 4.70. The molecule has 0 aliphatic rings. The second-order valence-corrected chi connectivity index (χ2v) is 11.9. The molecule has 0 fully saturated rings. The Kier molecular flexibility index (Phi) is 6.36. The lowest BCUT2D eigenvalue weighted by Gasteiger charge is -2.20. The maximum Gasteiger partial charge on any atom is 0.260 e. The highest BCUT2D eigenvalue weighted by molar-refractivity contribution is 7.92. The van der Waals surface area contributed by atoms with Crippen molar-refractivity contribution in [3.63, 3.8) is 0 Å². The zero-order valence-electron chi connectivity index (χ0n) is 19.1. The van der Waals surface area contributed by atoms with Crippen LogP contribution in [0.5, 0.6) is 0 Å². The van der Waals surface area contributed by atoms with E-state index in [-0.39, 0.29) is 10.8 Å². The van der Waals surface area contributed by atoms with Crippen molar-refractivity contribution < 1.29 is 13.2 Å². The molecule has 0 aliphatic heterocycles. The summed E-state index contributed by atoms with van der Waals surface area (Å²) in [6.45, 7) is 7.70. The molecular weight excluding hydrogens is 452 g/mol. The summed E-state index contributed by atoms with van der Waals surface area (Å²) in [7, 11) is -3.50. The second kappa shape index (κ2) is 9.08. The molecule has 7 heteroatoms. The number of amides is 1. The van der Waals surface area contributed by atoms with E-state index >= 15 is 0 Å². The number of nitrogens with zero attached hydrogens (tertiary/aromatic N) is 2. The van der Waals surface area contributed by atoms with Crippen LogP contribution in [0.25, 0.3) is 10.2 Å². The molecule has 1 amide bonds. The topological polar surface area (TPSA) is 67.3 Å². The van der Waals surface area contributed by atoms with Gasteiger partial charge >= 0.3 is 0 Å². The maximum absolute atomic E-state index is 13.7. The monoisotopic (exact) mass is 478 g/mol. The molecule has 0 spiro atoms. The summed E-state index contributed by atoms with van der Waals surface area (Å²) in [4.78, 5) is 20.3. The summed E-state index contributed by atoms with van der Waals surface area (Å²) in [6, 6.07) is 20.1. The molecule has 4 aromatic rings. The standard InChI is InChI=1S/C26H26N2O3S2/c1-17(2)33(30,31)22-12-8-11-21(15-22)25(29)28(16-20-9-6-5-7-10-20)26-27-23-13-18(3)19(4)14-24(23)32-26/h5-15,17H,16H2,1-4H3. The van der Waals surface area contributed by atoms with Crippen molar-refractivity contribution in [2.75, 3.05) is 4.90 Å². The van der Waals surface area contributed by atoms with Crippen molar-refractivity contribution in [3.8, 4) is 0 Å². The van der Waals surface area contributed by atoms with Gasteiger partial charge in [-0.2, -0.15) is 0 Å². The summed E-state index contributed by atoms with van der Waals surface area (Å²) in [6.07, 6.45) is 0. The van der Waals surface area contributed by atoms with E-state index in [0.29, 0.717) is 17.2 Å². The molecule has 0 saturated carbocycles. The van der Waals surface area contributed by atoms with Crippen LogP contribution in [0.15, 0.2) is 71.6 Å². The minimum Gasteiger partial charge on any atom is -0.279 e. The number of aromatic nitrogens is 1. The maximum atomic E-state index is 13.7. The minimum atomic E-state index is -3.50. The first-order chi connectivity index (χ1) is 15.7. The Balaban J connectivity index is 1.80. The highest BCUT2D eigenvalue weighted by Gasteiger charge is 2.25. The molecular formula is C26H26N2O3S2. The zero-order valence-corrected chi connectivity index (χ0v) is 20.7. The third-order valence-electron chi connectivity index (χ3n) is 5.68. The van der Waals surface area contributed by atoms with E-state index in [1.807, 2.05) is 43.3 Å². The molecule has 33 heavy (non-hydrogen) atoms. The number of aryl methyl sites for hydroxylation is 2. The van der Waals surface area contributed by atoms with Gasteiger partial charge in [0.15, 0.2) is 15.0 Å². The number of anilines is 1. The molecule has 170 valence electrons. The Hall–Kier alpha value is -3.03. The molecule has 0 bridgehead atoms. The van der Waals surface area contributed by atoms with Gasteiger partial charge in [0.25, 0.3) is 5.91 Å².